The molecule has 0 spiro atoms. The van der Waals surface area contributed by atoms with E-state index in [0.29, 0.717) is 0 Å². The van der Waals surface area contributed by atoms with E-state index in [4.69, 9.17) is 10.5 Å². The van der Waals surface area contributed by atoms with E-state index < -0.39 is 6.10 Å². The van der Waals surface area contributed by atoms with E-state index in [-0.39, 0.29) is 11.6 Å². The summed E-state index contributed by atoms with van der Waals surface area (Å²) in [5, 5.41) is 10.0. The van der Waals surface area contributed by atoms with Crippen molar-refractivity contribution in [2.24, 2.45) is 5.73 Å². The highest BCUT2D eigenvalue weighted by atomic mass is 16.5. The molecule has 0 fully saturated rings. The van der Waals surface area contributed by atoms with Crippen molar-refractivity contribution >= 4 is 0 Å². The summed E-state index contributed by atoms with van der Waals surface area (Å²) in [6.07, 6.45) is 0.214. The second-order valence-corrected chi connectivity index (χ2v) is 5.18. The monoisotopic (exact) mass is 221 g/mol. The number of nitrogens with two attached hydrogens (primary N) is 1. The van der Waals surface area contributed by atoms with Crippen LogP contribution < -0.4 is 10.5 Å². The van der Waals surface area contributed by atoms with Crippen LogP contribution in [0.3, 0.4) is 0 Å². The van der Waals surface area contributed by atoms with E-state index in [2.05, 4.69) is 13.8 Å². The molecule has 1 aliphatic heterocycles. The summed E-state index contributed by atoms with van der Waals surface area (Å²) in [4.78, 5) is 0. The van der Waals surface area contributed by atoms with Crippen LogP contribution in [0.5, 0.6) is 5.75 Å². The molecule has 2 unspecified atom stereocenters. The van der Waals surface area contributed by atoms with Crippen molar-refractivity contribution in [1.82, 2.24) is 0 Å². The topological polar surface area (TPSA) is 55.5 Å². The summed E-state index contributed by atoms with van der Waals surface area (Å²) in [7, 11) is 0. The fourth-order valence-corrected chi connectivity index (χ4v) is 2.16. The molecule has 1 aliphatic rings. The normalized spacial score (nSPS) is 21.1. The van der Waals surface area contributed by atoms with Gasteiger partial charge in [0.05, 0.1) is 6.10 Å². The van der Waals surface area contributed by atoms with Crippen LogP contribution in [0.4, 0.5) is 0 Å². The maximum Gasteiger partial charge on any atom is 0.129 e. The van der Waals surface area contributed by atoms with Crippen LogP contribution in [0.2, 0.25) is 0 Å². The smallest absolute Gasteiger partial charge is 0.129 e. The first-order chi connectivity index (χ1) is 7.41. The van der Waals surface area contributed by atoms with E-state index in [9.17, 15) is 5.11 Å². The Labute approximate surface area is 96.2 Å². The van der Waals surface area contributed by atoms with Gasteiger partial charge in [-0.05, 0) is 26.3 Å². The van der Waals surface area contributed by atoms with Crippen LogP contribution in [-0.2, 0) is 6.42 Å². The number of fused-ring (bicyclic) bond motifs is 1. The van der Waals surface area contributed by atoms with Crippen molar-refractivity contribution < 1.29 is 9.84 Å². The zero-order chi connectivity index (χ0) is 11.9. The van der Waals surface area contributed by atoms with Gasteiger partial charge in [0.2, 0.25) is 0 Å². The number of aliphatic hydroxyl groups is 1. The quantitative estimate of drug-likeness (QED) is 0.800. The molecular weight excluding hydrogens is 202 g/mol. The molecule has 2 rings (SSSR count). The Hall–Kier alpha value is -1.06. The summed E-state index contributed by atoms with van der Waals surface area (Å²) in [6, 6.07) is 5.58. The second kappa shape index (κ2) is 3.75. The highest BCUT2D eigenvalue weighted by Gasteiger charge is 2.33. The summed E-state index contributed by atoms with van der Waals surface area (Å²) < 4.78 is 5.88. The van der Waals surface area contributed by atoms with E-state index >= 15 is 0 Å². The average Bonchev–Trinajstić information content (AvgIpc) is 2.49. The predicted molar refractivity (Wildman–Crippen MR) is 63.5 cm³/mol. The summed E-state index contributed by atoms with van der Waals surface area (Å²) in [5.41, 5.74) is 7.50. The van der Waals surface area contributed by atoms with Gasteiger partial charge in [-0.3, -0.25) is 0 Å². The molecule has 16 heavy (non-hydrogen) atoms. The van der Waals surface area contributed by atoms with Gasteiger partial charge in [-0.2, -0.15) is 0 Å². The number of rotatable bonds is 2. The van der Waals surface area contributed by atoms with Crippen molar-refractivity contribution in [3.8, 4) is 5.75 Å². The molecular formula is C13H19NO2. The van der Waals surface area contributed by atoms with Gasteiger partial charge in [0.25, 0.3) is 0 Å². The Morgan fingerprint density at radius 1 is 1.44 bits per heavy atom. The van der Waals surface area contributed by atoms with Crippen molar-refractivity contribution in [2.45, 2.75) is 44.9 Å². The number of hydrogen-bond donors (Lipinski definition) is 2. The van der Waals surface area contributed by atoms with Gasteiger partial charge in [-0.15, -0.1) is 0 Å². The molecule has 0 bridgehead atoms. The zero-order valence-electron chi connectivity index (χ0n) is 10.0. The first-order valence-electron chi connectivity index (χ1n) is 5.65. The Balaban J connectivity index is 2.41. The lowest BCUT2D eigenvalue weighted by atomic mass is 9.97. The lowest BCUT2D eigenvalue weighted by molar-refractivity contribution is 0.119. The lowest BCUT2D eigenvalue weighted by Crippen LogP contribution is -2.27. The van der Waals surface area contributed by atoms with Crippen LogP contribution in [0.25, 0.3) is 0 Å². The predicted octanol–water partition coefficient (Wildman–Crippen LogP) is 1.78. The SMILES string of the molecule is CC(N)C(O)c1cccc2c1OC(C)(C)C2. The van der Waals surface area contributed by atoms with Crippen LogP contribution in [0.1, 0.15) is 38.0 Å². The van der Waals surface area contributed by atoms with Gasteiger partial charge in [0.15, 0.2) is 0 Å². The van der Waals surface area contributed by atoms with E-state index in [1.807, 2.05) is 18.2 Å². The van der Waals surface area contributed by atoms with Crippen molar-refractivity contribution in [3.63, 3.8) is 0 Å². The first-order valence-corrected chi connectivity index (χ1v) is 5.65. The summed E-state index contributed by atoms with van der Waals surface area (Å²) >= 11 is 0. The fourth-order valence-electron chi connectivity index (χ4n) is 2.16. The van der Waals surface area contributed by atoms with Crippen molar-refractivity contribution in [2.75, 3.05) is 0 Å². The molecule has 0 saturated heterocycles. The zero-order valence-corrected chi connectivity index (χ0v) is 10.0. The molecule has 3 N–H and O–H groups in total. The van der Waals surface area contributed by atoms with E-state index in [1.165, 1.54) is 0 Å². The Morgan fingerprint density at radius 3 is 2.75 bits per heavy atom. The molecule has 88 valence electrons. The Bertz CT molecular complexity index is 399. The maximum atomic E-state index is 10.0. The molecule has 0 aromatic heterocycles. The minimum absolute atomic E-state index is 0.185. The third-order valence-corrected chi connectivity index (χ3v) is 2.94. The van der Waals surface area contributed by atoms with Crippen molar-refractivity contribution in [1.29, 1.82) is 0 Å². The number of para-hydroxylation sites is 1. The number of benzene rings is 1. The molecule has 2 atom stereocenters. The molecule has 1 aromatic carbocycles. The Morgan fingerprint density at radius 2 is 2.12 bits per heavy atom. The third-order valence-electron chi connectivity index (χ3n) is 2.94. The molecule has 0 aliphatic carbocycles. The summed E-state index contributed by atoms with van der Waals surface area (Å²) in [5.74, 6) is 0.817. The minimum atomic E-state index is -0.663. The average molecular weight is 221 g/mol. The highest BCUT2D eigenvalue weighted by Crippen LogP contribution is 2.40. The number of ether oxygens (including phenoxy) is 1. The molecule has 3 nitrogen and oxygen atoms in total. The van der Waals surface area contributed by atoms with Gasteiger partial charge in [0, 0.05) is 18.0 Å². The first kappa shape index (κ1) is 11.4. The maximum absolute atomic E-state index is 10.0. The molecule has 0 saturated carbocycles. The van der Waals surface area contributed by atoms with Crippen LogP contribution >= 0.6 is 0 Å². The third kappa shape index (κ3) is 1.93. The Kier molecular flexibility index (Phi) is 2.68. The molecule has 1 aromatic rings. The number of hydrogen-bond acceptors (Lipinski definition) is 3. The van der Waals surface area contributed by atoms with Gasteiger partial charge >= 0.3 is 0 Å². The standard InChI is InChI=1S/C13H19NO2/c1-8(14)11(15)10-6-4-5-9-7-13(2,3)16-12(9)10/h4-6,8,11,15H,7,14H2,1-3H3. The molecule has 1 heterocycles. The lowest BCUT2D eigenvalue weighted by Gasteiger charge is -2.21. The molecule has 0 radical (unpaired) electrons. The number of aliphatic hydroxyl groups excluding tert-OH is 1. The fraction of sp³-hybridized carbons (Fsp3) is 0.538. The van der Waals surface area contributed by atoms with Crippen molar-refractivity contribution in [3.05, 3.63) is 29.3 Å². The van der Waals surface area contributed by atoms with Gasteiger partial charge in [0.1, 0.15) is 11.4 Å². The van der Waals surface area contributed by atoms with Crippen LogP contribution in [0, 0.1) is 0 Å². The van der Waals surface area contributed by atoms with Crippen LogP contribution in [-0.4, -0.2) is 16.7 Å². The van der Waals surface area contributed by atoms with Gasteiger partial charge in [-0.1, -0.05) is 18.2 Å². The second-order valence-electron chi connectivity index (χ2n) is 5.18. The summed E-state index contributed by atoms with van der Waals surface area (Å²) in [6.45, 7) is 5.90. The van der Waals surface area contributed by atoms with E-state index in [1.54, 1.807) is 6.92 Å². The highest BCUT2D eigenvalue weighted by molar-refractivity contribution is 5.47. The minimum Gasteiger partial charge on any atom is -0.487 e. The molecule has 3 heteroatoms. The van der Waals surface area contributed by atoms with Gasteiger partial charge < -0.3 is 15.6 Å². The van der Waals surface area contributed by atoms with Gasteiger partial charge in [-0.25, -0.2) is 0 Å². The van der Waals surface area contributed by atoms with Crippen LogP contribution in [0.15, 0.2) is 18.2 Å². The van der Waals surface area contributed by atoms with E-state index in [0.717, 1.165) is 23.3 Å². The largest absolute Gasteiger partial charge is 0.487 e. The molecule has 0 amide bonds.